The minimum Gasteiger partial charge on any atom is -0.461 e. The Morgan fingerprint density at radius 1 is 1.58 bits per heavy atom. The molecule has 6 heteroatoms. The van der Waals surface area contributed by atoms with Gasteiger partial charge >= 0.3 is 5.97 Å². The Labute approximate surface area is 119 Å². The van der Waals surface area contributed by atoms with Gasteiger partial charge in [0.05, 0.1) is 12.1 Å². The lowest BCUT2D eigenvalue weighted by Gasteiger charge is -2.23. The molecule has 1 aromatic heterocycles. The number of anilines is 1. The molecule has 108 valence electrons. The molecule has 1 aromatic rings. The Bertz CT molecular complexity index is 395. The normalized spacial score (nSPS) is 12.5. The molecule has 0 amide bonds. The monoisotopic (exact) mass is 285 g/mol. The van der Waals surface area contributed by atoms with Gasteiger partial charge in [0.2, 0.25) is 0 Å². The highest BCUT2D eigenvalue weighted by molar-refractivity contribution is 7.14. The number of hydrogen-bond donors (Lipinski definition) is 1. The van der Waals surface area contributed by atoms with Crippen LogP contribution in [0.3, 0.4) is 0 Å². The van der Waals surface area contributed by atoms with Crippen molar-refractivity contribution >= 4 is 22.3 Å². The Morgan fingerprint density at radius 3 is 2.95 bits per heavy atom. The van der Waals surface area contributed by atoms with Crippen LogP contribution in [0.25, 0.3) is 0 Å². The van der Waals surface area contributed by atoms with Gasteiger partial charge in [0, 0.05) is 19.1 Å². The molecule has 1 rings (SSSR count). The molecule has 0 fully saturated rings. The van der Waals surface area contributed by atoms with Gasteiger partial charge in [0.25, 0.3) is 0 Å². The van der Waals surface area contributed by atoms with Crippen molar-refractivity contribution < 1.29 is 9.53 Å². The van der Waals surface area contributed by atoms with Gasteiger partial charge in [-0.05, 0) is 27.3 Å². The summed E-state index contributed by atoms with van der Waals surface area (Å²) in [5.74, 6) is -0.360. The van der Waals surface area contributed by atoms with Gasteiger partial charge in [-0.25, -0.2) is 9.78 Å². The highest BCUT2D eigenvalue weighted by Gasteiger charge is 2.16. The molecule has 0 aliphatic rings. The number of nitrogens with one attached hydrogen (secondary N) is 1. The molecule has 1 unspecified atom stereocenters. The van der Waals surface area contributed by atoms with Gasteiger partial charge in [0.15, 0.2) is 5.69 Å². The second-order valence-corrected chi connectivity index (χ2v) is 5.27. The fourth-order valence-electron chi connectivity index (χ4n) is 1.59. The van der Waals surface area contributed by atoms with Crippen molar-refractivity contribution in [2.75, 3.05) is 32.1 Å². The van der Waals surface area contributed by atoms with Crippen LogP contribution < -0.4 is 5.32 Å². The Kier molecular flexibility index (Phi) is 6.80. The summed E-state index contributed by atoms with van der Waals surface area (Å²) in [6.07, 6.45) is 1.13. The van der Waals surface area contributed by atoms with Gasteiger partial charge in [0.1, 0.15) is 5.00 Å². The Balaban J connectivity index is 2.46. The lowest BCUT2D eigenvalue weighted by molar-refractivity contribution is 0.0521. The third-order valence-corrected chi connectivity index (χ3v) is 3.91. The SMILES string of the molecule is CCOC(=O)c1ncsc1NCCN(C)C(C)CC. The van der Waals surface area contributed by atoms with Crippen LogP contribution in [0.1, 0.15) is 37.7 Å². The van der Waals surface area contributed by atoms with Gasteiger partial charge in [-0.3, -0.25) is 0 Å². The van der Waals surface area contributed by atoms with E-state index in [1.165, 1.54) is 11.3 Å². The van der Waals surface area contributed by atoms with Gasteiger partial charge in [-0.2, -0.15) is 0 Å². The van der Waals surface area contributed by atoms with Crippen molar-refractivity contribution in [2.24, 2.45) is 0 Å². The van der Waals surface area contributed by atoms with E-state index in [0.29, 0.717) is 18.3 Å². The average molecular weight is 285 g/mol. The predicted molar refractivity (Wildman–Crippen MR) is 78.9 cm³/mol. The van der Waals surface area contributed by atoms with Crippen LogP contribution in [0.5, 0.6) is 0 Å². The molecule has 0 aliphatic heterocycles. The van der Waals surface area contributed by atoms with Crippen molar-refractivity contribution in [3.8, 4) is 0 Å². The summed E-state index contributed by atoms with van der Waals surface area (Å²) in [6, 6.07) is 0.563. The molecule has 19 heavy (non-hydrogen) atoms. The number of carbonyl (C=O) groups excluding carboxylic acids is 1. The minimum atomic E-state index is -0.360. The lowest BCUT2D eigenvalue weighted by atomic mass is 10.2. The number of hydrogen-bond acceptors (Lipinski definition) is 6. The smallest absolute Gasteiger partial charge is 0.360 e. The molecule has 1 atom stereocenters. The Hall–Kier alpha value is -1.14. The highest BCUT2D eigenvalue weighted by atomic mass is 32.1. The van der Waals surface area contributed by atoms with Gasteiger partial charge in [-0.15, -0.1) is 11.3 Å². The van der Waals surface area contributed by atoms with E-state index in [4.69, 9.17) is 4.74 Å². The number of likely N-dealkylation sites (N-methyl/N-ethyl adjacent to an activating group) is 1. The molecule has 0 spiro atoms. The molecule has 0 aromatic carbocycles. The molecule has 0 bridgehead atoms. The summed E-state index contributed by atoms with van der Waals surface area (Å²) in [6.45, 7) is 8.25. The van der Waals surface area contributed by atoms with Crippen LogP contribution in [0.4, 0.5) is 5.00 Å². The highest BCUT2D eigenvalue weighted by Crippen LogP contribution is 2.20. The first-order valence-corrected chi connectivity index (χ1v) is 7.52. The van der Waals surface area contributed by atoms with E-state index >= 15 is 0 Å². The molecule has 0 aliphatic carbocycles. The van der Waals surface area contributed by atoms with Crippen molar-refractivity contribution in [1.82, 2.24) is 9.88 Å². The summed E-state index contributed by atoms with van der Waals surface area (Å²) in [5.41, 5.74) is 2.05. The number of nitrogens with zero attached hydrogens (tertiary/aromatic N) is 2. The van der Waals surface area contributed by atoms with E-state index in [1.807, 2.05) is 0 Å². The first-order valence-electron chi connectivity index (χ1n) is 6.64. The van der Waals surface area contributed by atoms with Crippen LogP contribution >= 0.6 is 11.3 Å². The fraction of sp³-hybridized carbons (Fsp3) is 0.692. The van der Waals surface area contributed by atoms with Crippen molar-refractivity contribution in [3.63, 3.8) is 0 Å². The minimum absolute atomic E-state index is 0.360. The third kappa shape index (κ3) is 4.80. The number of carbonyl (C=O) groups is 1. The Morgan fingerprint density at radius 2 is 2.32 bits per heavy atom. The lowest BCUT2D eigenvalue weighted by Crippen LogP contribution is -2.32. The molecular weight excluding hydrogens is 262 g/mol. The quantitative estimate of drug-likeness (QED) is 0.744. The zero-order chi connectivity index (χ0) is 14.3. The number of esters is 1. The second kappa shape index (κ2) is 8.12. The van der Waals surface area contributed by atoms with Crippen molar-refractivity contribution in [1.29, 1.82) is 0 Å². The van der Waals surface area contributed by atoms with E-state index in [2.05, 4.69) is 36.1 Å². The fourth-order valence-corrected chi connectivity index (χ4v) is 2.29. The number of ether oxygens (including phenoxy) is 1. The van der Waals surface area contributed by atoms with E-state index in [0.717, 1.165) is 24.5 Å². The summed E-state index contributed by atoms with van der Waals surface area (Å²) in [5, 5.41) is 4.04. The van der Waals surface area contributed by atoms with Crippen LogP contribution in [0.2, 0.25) is 0 Å². The van der Waals surface area contributed by atoms with E-state index in [-0.39, 0.29) is 5.97 Å². The van der Waals surface area contributed by atoms with E-state index in [1.54, 1.807) is 12.4 Å². The van der Waals surface area contributed by atoms with Gasteiger partial charge < -0.3 is 15.0 Å². The van der Waals surface area contributed by atoms with E-state index < -0.39 is 0 Å². The van der Waals surface area contributed by atoms with Crippen LogP contribution in [0.15, 0.2) is 5.51 Å². The topological polar surface area (TPSA) is 54.5 Å². The average Bonchev–Trinajstić information content (AvgIpc) is 2.86. The molecule has 5 nitrogen and oxygen atoms in total. The third-order valence-electron chi connectivity index (χ3n) is 3.13. The maximum absolute atomic E-state index is 11.6. The van der Waals surface area contributed by atoms with Crippen molar-refractivity contribution in [3.05, 3.63) is 11.2 Å². The van der Waals surface area contributed by atoms with Gasteiger partial charge in [-0.1, -0.05) is 6.92 Å². The molecule has 0 radical (unpaired) electrons. The molecular formula is C13H23N3O2S. The molecule has 0 saturated carbocycles. The largest absolute Gasteiger partial charge is 0.461 e. The van der Waals surface area contributed by atoms with Crippen LogP contribution in [-0.2, 0) is 4.74 Å². The van der Waals surface area contributed by atoms with Crippen molar-refractivity contribution in [2.45, 2.75) is 33.2 Å². The number of rotatable bonds is 8. The first-order chi connectivity index (χ1) is 9.10. The summed E-state index contributed by atoms with van der Waals surface area (Å²) < 4.78 is 4.96. The predicted octanol–water partition coefficient (Wildman–Crippen LogP) is 2.46. The summed E-state index contributed by atoms with van der Waals surface area (Å²) in [4.78, 5) is 18.0. The molecule has 1 N–H and O–H groups in total. The summed E-state index contributed by atoms with van der Waals surface area (Å²) in [7, 11) is 2.11. The zero-order valence-corrected chi connectivity index (χ0v) is 12.9. The zero-order valence-electron chi connectivity index (χ0n) is 12.1. The molecule has 0 saturated heterocycles. The maximum atomic E-state index is 11.6. The van der Waals surface area contributed by atoms with Crippen LogP contribution in [-0.4, -0.2) is 48.6 Å². The van der Waals surface area contributed by atoms with Crippen LogP contribution in [0, 0.1) is 0 Å². The second-order valence-electron chi connectivity index (χ2n) is 4.42. The molecule has 1 heterocycles. The standard InChI is InChI=1S/C13H23N3O2S/c1-5-10(3)16(4)8-7-14-12-11(15-9-19-12)13(17)18-6-2/h9-10,14H,5-8H2,1-4H3. The number of aromatic nitrogens is 1. The number of thiazole rings is 1. The van der Waals surface area contributed by atoms with E-state index in [9.17, 15) is 4.79 Å². The first kappa shape index (κ1) is 15.9. The summed E-state index contributed by atoms with van der Waals surface area (Å²) >= 11 is 1.43. The maximum Gasteiger partial charge on any atom is 0.360 e.